The van der Waals surface area contributed by atoms with Crippen molar-refractivity contribution in [2.24, 2.45) is 4.99 Å². The Morgan fingerprint density at radius 1 is 0.903 bits per heavy atom. The van der Waals surface area contributed by atoms with Gasteiger partial charge >= 0.3 is 0 Å². The van der Waals surface area contributed by atoms with Crippen LogP contribution in [0, 0.1) is 0 Å². The first kappa shape index (κ1) is 18.1. The molecule has 31 heavy (non-hydrogen) atoms. The van der Waals surface area contributed by atoms with Gasteiger partial charge in [0.2, 0.25) is 0 Å². The Morgan fingerprint density at radius 3 is 2.61 bits per heavy atom. The van der Waals surface area contributed by atoms with E-state index < -0.39 is 0 Å². The fourth-order valence-corrected chi connectivity index (χ4v) is 4.33. The van der Waals surface area contributed by atoms with Crippen LogP contribution >= 0.6 is 0 Å². The first-order valence-electron chi connectivity index (χ1n) is 10.4. The van der Waals surface area contributed by atoms with Gasteiger partial charge in [0.15, 0.2) is 5.65 Å². The van der Waals surface area contributed by atoms with Gasteiger partial charge in [-0.05, 0) is 43.7 Å². The molecule has 2 atom stereocenters. The highest BCUT2D eigenvalue weighted by Crippen LogP contribution is 2.36. The topological polar surface area (TPSA) is 80.8 Å². The molecule has 0 amide bonds. The molecular formula is C23H21N7O. The summed E-state index contributed by atoms with van der Waals surface area (Å²) >= 11 is 0. The molecule has 0 radical (unpaired) electrons. The molecule has 1 saturated heterocycles. The minimum absolute atomic E-state index is 0.175. The molecule has 0 saturated carbocycles. The molecule has 0 bridgehead atoms. The van der Waals surface area contributed by atoms with E-state index in [2.05, 4.69) is 57.0 Å². The summed E-state index contributed by atoms with van der Waals surface area (Å²) in [6.07, 6.45) is 5.52. The number of nitrogens with zero attached hydrogens (tertiary/aromatic N) is 7. The van der Waals surface area contributed by atoms with Crippen LogP contribution in [0.2, 0.25) is 0 Å². The summed E-state index contributed by atoms with van der Waals surface area (Å²) in [5.74, 6) is 0.913. The number of ether oxygens (including phenoxy) is 1. The van der Waals surface area contributed by atoms with E-state index >= 15 is 0 Å². The van der Waals surface area contributed by atoms with Crippen LogP contribution in [0.3, 0.4) is 0 Å². The van der Waals surface area contributed by atoms with E-state index in [-0.39, 0.29) is 12.2 Å². The number of rotatable bonds is 3. The smallest absolute Gasteiger partial charge is 0.155 e. The second kappa shape index (κ2) is 6.95. The fourth-order valence-electron chi connectivity index (χ4n) is 4.33. The van der Waals surface area contributed by atoms with Crippen LogP contribution in [-0.4, -0.2) is 55.6 Å². The largest absolute Gasteiger partial charge is 0.372 e. The first-order valence-corrected chi connectivity index (χ1v) is 10.4. The lowest BCUT2D eigenvalue weighted by Gasteiger charge is -2.36. The molecule has 3 aromatic heterocycles. The maximum atomic E-state index is 5.85. The van der Waals surface area contributed by atoms with Gasteiger partial charge in [-0.2, -0.15) is 5.10 Å². The summed E-state index contributed by atoms with van der Waals surface area (Å²) in [5, 5.41) is 4.24. The number of hydrogen-bond donors (Lipinski definition) is 0. The highest BCUT2D eigenvalue weighted by atomic mass is 16.5. The molecule has 4 aromatic rings. The molecule has 0 spiro atoms. The van der Waals surface area contributed by atoms with Gasteiger partial charge in [-0.25, -0.2) is 24.5 Å². The summed E-state index contributed by atoms with van der Waals surface area (Å²) in [6.45, 7) is 5.82. The molecule has 2 unspecified atom stereocenters. The van der Waals surface area contributed by atoms with Crippen molar-refractivity contribution >= 4 is 22.9 Å². The molecule has 2 aliphatic heterocycles. The van der Waals surface area contributed by atoms with Gasteiger partial charge in [0.05, 0.1) is 29.3 Å². The number of aromatic nitrogens is 5. The van der Waals surface area contributed by atoms with Crippen LogP contribution in [0.4, 0.5) is 11.5 Å². The predicted octanol–water partition coefficient (Wildman–Crippen LogP) is 3.28. The summed E-state index contributed by atoms with van der Waals surface area (Å²) in [4.78, 5) is 20.2. The van der Waals surface area contributed by atoms with E-state index in [0.29, 0.717) is 0 Å². The Labute approximate surface area is 179 Å². The SMILES string of the molecule is CC1CN(c2cc(C3=Nc4ccc(-c5ccc6ncnn6c5)cc43)ncn2)CC(C)O1. The number of aliphatic imine (C=N–C) groups is 1. The average Bonchev–Trinajstić information content (AvgIpc) is 3.22. The van der Waals surface area contributed by atoms with E-state index in [0.717, 1.165) is 58.3 Å². The molecule has 5 heterocycles. The molecule has 154 valence electrons. The standard InChI is InChI=1S/C23H21N7O/c1-14-9-29(10-15(2)31-14)22-8-20(24-12-25-22)23-18-7-16(3-5-19(18)28-23)17-4-6-21-26-13-27-30(21)11-17/h3-8,11-15H,9-10H2,1-2H3. The monoisotopic (exact) mass is 411 g/mol. The van der Waals surface area contributed by atoms with Gasteiger partial charge in [-0.1, -0.05) is 6.07 Å². The van der Waals surface area contributed by atoms with Crippen LogP contribution in [-0.2, 0) is 4.74 Å². The minimum Gasteiger partial charge on any atom is -0.372 e. The molecule has 8 heteroatoms. The molecule has 1 fully saturated rings. The van der Waals surface area contributed by atoms with E-state index in [1.54, 1.807) is 17.2 Å². The van der Waals surface area contributed by atoms with Crippen molar-refractivity contribution in [2.75, 3.05) is 18.0 Å². The Kier molecular flexibility index (Phi) is 4.07. The zero-order chi connectivity index (χ0) is 20.9. The molecule has 1 aromatic carbocycles. The third-order valence-corrected chi connectivity index (χ3v) is 5.73. The maximum absolute atomic E-state index is 5.85. The number of hydrogen-bond acceptors (Lipinski definition) is 7. The molecule has 8 nitrogen and oxygen atoms in total. The van der Waals surface area contributed by atoms with Crippen molar-refractivity contribution in [3.05, 3.63) is 66.5 Å². The Balaban J connectivity index is 1.31. The quantitative estimate of drug-likeness (QED) is 0.453. The highest BCUT2D eigenvalue weighted by molar-refractivity contribution is 6.21. The van der Waals surface area contributed by atoms with Crippen molar-refractivity contribution in [1.82, 2.24) is 24.6 Å². The molecule has 0 aliphatic carbocycles. The number of pyridine rings is 1. The lowest BCUT2D eigenvalue weighted by Crippen LogP contribution is -2.45. The number of benzene rings is 1. The minimum atomic E-state index is 0.175. The van der Waals surface area contributed by atoms with Crippen molar-refractivity contribution in [2.45, 2.75) is 26.1 Å². The molecule has 2 aliphatic rings. The van der Waals surface area contributed by atoms with Crippen molar-refractivity contribution in [3.8, 4) is 11.1 Å². The summed E-state index contributed by atoms with van der Waals surface area (Å²) in [7, 11) is 0. The van der Waals surface area contributed by atoms with E-state index in [9.17, 15) is 0 Å². The summed E-state index contributed by atoms with van der Waals surface area (Å²) in [6, 6.07) is 12.4. The Bertz CT molecular complexity index is 1320. The third kappa shape index (κ3) is 3.16. The van der Waals surface area contributed by atoms with E-state index in [1.165, 1.54) is 0 Å². The molecule has 6 rings (SSSR count). The lowest BCUT2D eigenvalue weighted by atomic mass is 9.94. The average molecular weight is 411 g/mol. The number of fused-ring (bicyclic) bond motifs is 2. The van der Waals surface area contributed by atoms with E-state index in [4.69, 9.17) is 9.73 Å². The van der Waals surface area contributed by atoms with Gasteiger partial charge in [0, 0.05) is 36.5 Å². The number of anilines is 1. The normalized spacial score (nSPS) is 20.3. The lowest BCUT2D eigenvalue weighted by molar-refractivity contribution is -0.00546. The van der Waals surface area contributed by atoms with Crippen LogP contribution in [0.5, 0.6) is 0 Å². The van der Waals surface area contributed by atoms with Crippen LogP contribution in [0.1, 0.15) is 25.1 Å². The van der Waals surface area contributed by atoms with Gasteiger partial charge < -0.3 is 9.64 Å². The molecular weight excluding hydrogens is 390 g/mol. The maximum Gasteiger partial charge on any atom is 0.155 e. The van der Waals surface area contributed by atoms with Crippen LogP contribution in [0.15, 0.2) is 60.2 Å². The third-order valence-electron chi connectivity index (χ3n) is 5.73. The van der Waals surface area contributed by atoms with Crippen molar-refractivity contribution in [3.63, 3.8) is 0 Å². The van der Waals surface area contributed by atoms with Crippen LogP contribution in [0.25, 0.3) is 16.8 Å². The second-order valence-electron chi connectivity index (χ2n) is 8.10. The van der Waals surface area contributed by atoms with Gasteiger partial charge in [0.1, 0.15) is 18.5 Å². The summed E-state index contributed by atoms with van der Waals surface area (Å²) in [5.41, 5.74) is 6.83. The Morgan fingerprint density at radius 2 is 1.74 bits per heavy atom. The number of morpholine rings is 1. The van der Waals surface area contributed by atoms with Crippen LogP contribution < -0.4 is 4.90 Å². The second-order valence-corrected chi connectivity index (χ2v) is 8.10. The van der Waals surface area contributed by atoms with Gasteiger partial charge in [0.25, 0.3) is 0 Å². The van der Waals surface area contributed by atoms with Gasteiger partial charge in [-0.3, -0.25) is 0 Å². The highest BCUT2D eigenvalue weighted by Gasteiger charge is 2.26. The summed E-state index contributed by atoms with van der Waals surface area (Å²) < 4.78 is 7.63. The van der Waals surface area contributed by atoms with Gasteiger partial charge in [-0.15, -0.1) is 0 Å². The first-order chi connectivity index (χ1) is 15.1. The Hall–Kier alpha value is -3.65. The zero-order valence-corrected chi connectivity index (χ0v) is 17.3. The molecule has 0 N–H and O–H groups in total. The van der Waals surface area contributed by atoms with Crippen molar-refractivity contribution < 1.29 is 4.74 Å². The fraction of sp³-hybridized carbons (Fsp3) is 0.261. The van der Waals surface area contributed by atoms with Crippen molar-refractivity contribution in [1.29, 1.82) is 0 Å². The zero-order valence-electron chi connectivity index (χ0n) is 17.3. The van der Waals surface area contributed by atoms with E-state index in [1.807, 2.05) is 24.4 Å². The predicted molar refractivity (Wildman–Crippen MR) is 118 cm³/mol.